The van der Waals surface area contributed by atoms with E-state index in [-0.39, 0.29) is 10.3 Å². The van der Waals surface area contributed by atoms with Crippen LogP contribution >= 0.6 is 0 Å². The average molecular weight is 264 g/mol. The second kappa shape index (κ2) is 4.64. The molecule has 0 fully saturated rings. The summed E-state index contributed by atoms with van der Waals surface area (Å²) < 4.78 is 55.8. The summed E-state index contributed by atoms with van der Waals surface area (Å²) in [5.74, 6) is 0. The maximum atomic E-state index is 11.4. The molecule has 0 aliphatic rings. The topological polar surface area (TPSA) is 97.7 Å². The third kappa shape index (κ3) is 4.01. The van der Waals surface area contributed by atoms with Gasteiger partial charge in [-0.1, -0.05) is 18.2 Å². The third-order valence-corrected chi connectivity index (χ3v) is 3.11. The molecular weight excluding hydrogens is 256 g/mol. The largest absolute Gasteiger partial charge is 0.386 e. The fraction of sp³-hybridized carbons (Fsp3) is 0. The van der Waals surface area contributed by atoms with Gasteiger partial charge in [0.05, 0.1) is 5.41 Å². The Kier molecular flexibility index (Phi) is 3.68. The molecule has 0 saturated carbocycles. The smallest absolute Gasteiger partial charge is 0.338 e. The van der Waals surface area contributed by atoms with Gasteiger partial charge in [-0.05, 0) is 12.1 Å². The first-order chi connectivity index (χ1) is 7.31. The zero-order valence-corrected chi connectivity index (χ0v) is 9.48. The summed E-state index contributed by atoms with van der Waals surface area (Å²) in [6, 6.07) is 7.17. The minimum absolute atomic E-state index is 0.116. The lowest BCUT2D eigenvalue weighted by atomic mass is 10.4. The molecule has 1 N–H and O–H groups in total. The molecule has 1 aromatic rings. The van der Waals surface area contributed by atoms with Crippen molar-refractivity contribution in [3.05, 3.63) is 42.0 Å². The molecule has 16 heavy (non-hydrogen) atoms. The minimum atomic E-state index is -4.40. The maximum absolute atomic E-state index is 11.4. The summed E-state index contributed by atoms with van der Waals surface area (Å²) in [5.41, 5.74) is 0. The molecule has 0 radical (unpaired) electrons. The van der Waals surface area contributed by atoms with Crippen molar-refractivity contribution in [3.8, 4) is 0 Å². The molecule has 6 nitrogen and oxygen atoms in total. The normalized spacial score (nSPS) is 12.8. The molecule has 0 aromatic heterocycles. The Hall–Kier alpha value is -1.38. The Labute approximate surface area is 93.0 Å². The Morgan fingerprint density at radius 3 is 2.12 bits per heavy atom. The first-order valence-electron chi connectivity index (χ1n) is 3.94. The fourth-order valence-electron chi connectivity index (χ4n) is 0.809. The number of benzene rings is 1. The number of hydrogen-bond acceptors (Lipinski definition) is 5. The van der Waals surface area contributed by atoms with E-state index in [1.807, 2.05) is 0 Å². The molecule has 8 heteroatoms. The predicted molar refractivity (Wildman–Crippen MR) is 55.4 cm³/mol. The quantitative estimate of drug-likeness (QED) is 0.489. The first-order valence-corrected chi connectivity index (χ1v) is 6.85. The highest BCUT2D eigenvalue weighted by Crippen LogP contribution is 2.11. The summed E-state index contributed by atoms with van der Waals surface area (Å²) in [7, 11) is -8.44. The summed E-state index contributed by atoms with van der Waals surface area (Å²) in [6.07, 6.45) is 0.387. The van der Waals surface area contributed by atoms with E-state index >= 15 is 0 Å². The Bertz CT molecular complexity index is 570. The first kappa shape index (κ1) is 12.7. The maximum Gasteiger partial charge on any atom is 0.338 e. The second-order valence-electron chi connectivity index (χ2n) is 2.65. The lowest BCUT2D eigenvalue weighted by molar-refractivity contribution is 0.442. The molecule has 0 spiro atoms. The van der Waals surface area contributed by atoms with Crippen LogP contribution in [0.3, 0.4) is 0 Å². The van der Waals surface area contributed by atoms with Gasteiger partial charge in [0, 0.05) is 0 Å². The van der Waals surface area contributed by atoms with E-state index in [2.05, 4.69) is 4.18 Å². The van der Waals surface area contributed by atoms with Gasteiger partial charge in [-0.3, -0.25) is 4.55 Å². The predicted octanol–water partition coefficient (Wildman–Crippen LogP) is 0.751. The molecule has 0 bridgehead atoms. The van der Waals surface area contributed by atoms with Gasteiger partial charge >= 0.3 is 10.1 Å². The van der Waals surface area contributed by atoms with Gasteiger partial charge in [-0.15, -0.1) is 0 Å². The Morgan fingerprint density at radius 2 is 1.62 bits per heavy atom. The molecule has 0 heterocycles. The summed E-state index contributed by atoms with van der Waals surface area (Å²) in [4.78, 5) is -0.116. The Morgan fingerprint density at radius 1 is 1.06 bits per heavy atom. The summed E-state index contributed by atoms with van der Waals surface area (Å²) in [5, 5.41) is 0.230. The molecule has 0 unspecified atom stereocenters. The number of hydrogen-bond donors (Lipinski definition) is 1. The van der Waals surface area contributed by atoms with Crippen LogP contribution in [0.4, 0.5) is 0 Å². The molecule has 0 aliphatic carbocycles. The van der Waals surface area contributed by atoms with Gasteiger partial charge < -0.3 is 4.18 Å². The van der Waals surface area contributed by atoms with Crippen LogP contribution in [0.2, 0.25) is 0 Å². The average Bonchev–Trinajstić information content (AvgIpc) is 2.17. The van der Waals surface area contributed by atoms with Crippen LogP contribution < -0.4 is 0 Å². The minimum Gasteiger partial charge on any atom is -0.386 e. The highest BCUT2D eigenvalue weighted by atomic mass is 32.2. The van der Waals surface area contributed by atoms with Crippen molar-refractivity contribution < 1.29 is 25.6 Å². The molecule has 0 atom stereocenters. The number of rotatable bonds is 4. The van der Waals surface area contributed by atoms with Crippen LogP contribution in [0, 0.1) is 0 Å². The van der Waals surface area contributed by atoms with E-state index in [0.29, 0.717) is 6.26 Å². The highest BCUT2D eigenvalue weighted by molar-refractivity contribution is 7.89. The monoisotopic (exact) mass is 264 g/mol. The van der Waals surface area contributed by atoms with Gasteiger partial charge in [-0.25, -0.2) is 0 Å². The van der Waals surface area contributed by atoms with Crippen molar-refractivity contribution >= 4 is 20.2 Å². The van der Waals surface area contributed by atoms with Crippen molar-refractivity contribution in [2.75, 3.05) is 0 Å². The standard InChI is InChI=1S/C8H8O6S2/c9-15(10,11)7-6-14-16(12,13)8-4-2-1-3-5-8/h1-7H,(H,9,10,11). The zero-order valence-electron chi connectivity index (χ0n) is 7.85. The highest BCUT2D eigenvalue weighted by Gasteiger charge is 2.13. The van der Waals surface area contributed by atoms with Crippen LogP contribution in [0.25, 0.3) is 0 Å². The van der Waals surface area contributed by atoms with E-state index < -0.39 is 20.2 Å². The summed E-state index contributed by atoms with van der Waals surface area (Å²) >= 11 is 0. The van der Waals surface area contributed by atoms with Crippen LogP contribution in [-0.4, -0.2) is 21.4 Å². The van der Waals surface area contributed by atoms with E-state index in [1.165, 1.54) is 24.3 Å². The third-order valence-electron chi connectivity index (χ3n) is 1.44. The molecule has 88 valence electrons. The van der Waals surface area contributed by atoms with E-state index in [1.54, 1.807) is 6.07 Å². The van der Waals surface area contributed by atoms with Crippen molar-refractivity contribution in [1.29, 1.82) is 0 Å². The van der Waals surface area contributed by atoms with E-state index in [0.717, 1.165) is 0 Å². The molecule has 1 rings (SSSR count). The molecular formula is C8H8O6S2. The lowest BCUT2D eigenvalue weighted by Gasteiger charge is -2.01. The van der Waals surface area contributed by atoms with Gasteiger partial charge in [0.15, 0.2) is 0 Å². The van der Waals surface area contributed by atoms with Crippen molar-refractivity contribution in [2.45, 2.75) is 4.90 Å². The van der Waals surface area contributed by atoms with Gasteiger partial charge in [0.1, 0.15) is 11.2 Å². The van der Waals surface area contributed by atoms with E-state index in [9.17, 15) is 16.8 Å². The second-order valence-corrected chi connectivity index (χ2v) is 5.52. The SMILES string of the molecule is O=S(=O)(O)C=COS(=O)(=O)c1ccccc1. The fourth-order valence-corrected chi connectivity index (χ4v) is 1.88. The van der Waals surface area contributed by atoms with Crippen LogP contribution in [0.5, 0.6) is 0 Å². The van der Waals surface area contributed by atoms with Gasteiger partial charge in [0.2, 0.25) is 0 Å². The Balaban J connectivity index is 2.87. The van der Waals surface area contributed by atoms with Crippen molar-refractivity contribution in [2.24, 2.45) is 0 Å². The molecule has 1 aromatic carbocycles. The lowest BCUT2D eigenvalue weighted by Crippen LogP contribution is -2.02. The van der Waals surface area contributed by atoms with Crippen LogP contribution in [0.1, 0.15) is 0 Å². The van der Waals surface area contributed by atoms with Gasteiger partial charge in [0.25, 0.3) is 10.1 Å². The molecule has 0 aliphatic heterocycles. The zero-order chi connectivity index (χ0) is 12.2. The van der Waals surface area contributed by atoms with Gasteiger partial charge in [-0.2, -0.15) is 16.8 Å². The molecule has 0 saturated heterocycles. The van der Waals surface area contributed by atoms with E-state index in [4.69, 9.17) is 4.55 Å². The summed E-state index contributed by atoms with van der Waals surface area (Å²) in [6.45, 7) is 0. The van der Waals surface area contributed by atoms with Crippen LogP contribution in [-0.2, 0) is 24.4 Å². The van der Waals surface area contributed by atoms with Crippen molar-refractivity contribution in [1.82, 2.24) is 0 Å². The molecule has 0 amide bonds. The van der Waals surface area contributed by atoms with Crippen molar-refractivity contribution in [3.63, 3.8) is 0 Å². The van der Waals surface area contributed by atoms with Crippen LogP contribution in [0.15, 0.2) is 46.9 Å².